The summed E-state index contributed by atoms with van der Waals surface area (Å²) in [5.41, 5.74) is 2.42. The molecule has 0 saturated heterocycles. The highest BCUT2D eigenvalue weighted by atomic mass is 16.6. The fourth-order valence-electron chi connectivity index (χ4n) is 2.66. The Bertz CT molecular complexity index is 790. The van der Waals surface area contributed by atoms with Gasteiger partial charge in [0.05, 0.1) is 11.5 Å². The van der Waals surface area contributed by atoms with Crippen LogP contribution < -0.4 is 10.1 Å². The van der Waals surface area contributed by atoms with Crippen molar-refractivity contribution in [3.63, 3.8) is 0 Å². The maximum Gasteiger partial charge on any atom is 0.269 e. The molecule has 0 aliphatic carbocycles. The average Bonchev–Trinajstić information content (AvgIpc) is 2.63. The fraction of sp³-hybridized carbons (Fsp3) is 0.350. The Morgan fingerprint density at radius 3 is 2.52 bits per heavy atom. The molecule has 0 spiro atoms. The third-order valence-corrected chi connectivity index (χ3v) is 4.10. The van der Waals surface area contributed by atoms with Gasteiger partial charge >= 0.3 is 0 Å². The van der Waals surface area contributed by atoms with Crippen LogP contribution in [0.15, 0.2) is 42.5 Å². The van der Waals surface area contributed by atoms with Gasteiger partial charge in [-0.3, -0.25) is 14.9 Å². The minimum Gasteiger partial charge on any atom is -0.494 e. The van der Waals surface area contributed by atoms with Gasteiger partial charge in [-0.25, -0.2) is 0 Å². The minimum atomic E-state index is -0.450. The molecule has 27 heavy (non-hydrogen) atoms. The number of carbonyl (C=O) groups excluding carboxylic acids is 1. The monoisotopic (exact) mass is 371 g/mol. The lowest BCUT2D eigenvalue weighted by Gasteiger charge is -2.17. The van der Waals surface area contributed by atoms with Crippen molar-refractivity contribution in [2.75, 3.05) is 25.5 Å². The summed E-state index contributed by atoms with van der Waals surface area (Å²) in [6.07, 6.45) is 0.337. The van der Waals surface area contributed by atoms with Crippen molar-refractivity contribution in [2.24, 2.45) is 0 Å². The second kappa shape index (κ2) is 9.68. The highest BCUT2D eigenvalue weighted by Crippen LogP contribution is 2.21. The molecule has 0 aromatic heterocycles. The SMILES string of the molecule is CCOc1ccc(CN(C)CCC(=O)Nc2ccc([N+](=O)[O-])cc2C)cc1. The van der Waals surface area contributed by atoms with Gasteiger partial charge in [-0.2, -0.15) is 0 Å². The van der Waals surface area contributed by atoms with Gasteiger partial charge in [0.2, 0.25) is 5.91 Å². The first-order valence-electron chi connectivity index (χ1n) is 8.84. The van der Waals surface area contributed by atoms with Crippen LogP contribution in [0, 0.1) is 17.0 Å². The zero-order valence-corrected chi connectivity index (χ0v) is 15.9. The number of aryl methyl sites for hydroxylation is 1. The van der Waals surface area contributed by atoms with Gasteiger partial charge in [0.1, 0.15) is 5.75 Å². The molecule has 0 fully saturated rings. The number of nitro benzene ring substituents is 1. The van der Waals surface area contributed by atoms with E-state index in [0.29, 0.717) is 30.8 Å². The first-order chi connectivity index (χ1) is 12.9. The number of non-ortho nitro benzene ring substituents is 1. The van der Waals surface area contributed by atoms with Crippen molar-refractivity contribution in [1.82, 2.24) is 4.90 Å². The van der Waals surface area contributed by atoms with E-state index in [1.165, 1.54) is 12.1 Å². The number of benzene rings is 2. The summed E-state index contributed by atoms with van der Waals surface area (Å²) in [6.45, 7) is 5.66. The Hall–Kier alpha value is -2.93. The van der Waals surface area contributed by atoms with Gasteiger partial charge in [0.25, 0.3) is 5.69 Å². The van der Waals surface area contributed by atoms with E-state index in [9.17, 15) is 14.9 Å². The quantitative estimate of drug-likeness (QED) is 0.536. The molecule has 2 aromatic rings. The highest BCUT2D eigenvalue weighted by molar-refractivity contribution is 5.91. The molecule has 7 heteroatoms. The molecule has 0 radical (unpaired) electrons. The number of amides is 1. The lowest BCUT2D eigenvalue weighted by molar-refractivity contribution is -0.384. The van der Waals surface area contributed by atoms with Crippen molar-refractivity contribution in [1.29, 1.82) is 0 Å². The van der Waals surface area contributed by atoms with Crippen LogP contribution in [-0.2, 0) is 11.3 Å². The van der Waals surface area contributed by atoms with Crippen LogP contribution >= 0.6 is 0 Å². The molecule has 1 N–H and O–H groups in total. The normalized spacial score (nSPS) is 10.7. The van der Waals surface area contributed by atoms with E-state index in [2.05, 4.69) is 10.2 Å². The van der Waals surface area contributed by atoms with Gasteiger partial charge in [0.15, 0.2) is 0 Å². The second-order valence-electron chi connectivity index (χ2n) is 6.37. The number of nitrogens with one attached hydrogen (secondary N) is 1. The second-order valence-corrected chi connectivity index (χ2v) is 6.37. The highest BCUT2D eigenvalue weighted by Gasteiger charge is 2.11. The molecule has 0 saturated carbocycles. The van der Waals surface area contributed by atoms with Gasteiger partial charge in [0, 0.05) is 37.3 Å². The summed E-state index contributed by atoms with van der Waals surface area (Å²) in [5.74, 6) is 0.729. The predicted molar refractivity (Wildman–Crippen MR) is 105 cm³/mol. The van der Waals surface area contributed by atoms with E-state index >= 15 is 0 Å². The molecule has 0 aliphatic rings. The summed E-state index contributed by atoms with van der Waals surface area (Å²) >= 11 is 0. The molecule has 7 nitrogen and oxygen atoms in total. The number of nitrogens with zero attached hydrogens (tertiary/aromatic N) is 2. The topological polar surface area (TPSA) is 84.7 Å². The Kier molecular flexibility index (Phi) is 7.31. The van der Waals surface area contributed by atoms with Gasteiger partial charge in [-0.15, -0.1) is 0 Å². The van der Waals surface area contributed by atoms with E-state index in [-0.39, 0.29) is 11.6 Å². The first kappa shape index (κ1) is 20.4. The van der Waals surface area contributed by atoms with Crippen LogP contribution in [0.1, 0.15) is 24.5 Å². The van der Waals surface area contributed by atoms with Crippen LogP contribution in [0.4, 0.5) is 11.4 Å². The van der Waals surface area contributed by atoms with Crippen LogP contribution in [0.25, 0.3) is 0 Å². The maximum atomic E-state index is 12.2. The van der Waals surface area contributed by atoms with Gasteiger partial charge in [-0.1, -0.05) is 12.1 Å². The average molecular weight is 371 g/mol. The van der Waals surface area contributed by atoms with E-state index in [4.69, 9.17) is 4.74 Å². The summed E-state index contributed by atoms with van der Waals surface area (Å²) in [5, 5.41) is 13.6. The predicted octanol–water partition coefficient (Wildman–Crippen LogP) is 3.76. The van der Waals surface area contributed by atoms with E-state index in [1.807, 2.05) is 38.2 Å². The Morgan fingerprint density at radius 1 is 1.22 bits per heavy atom. The molecule has 0 heterocycles. The van der Waals surface area contributed by atoms with Crippen LogP contribution in [0.2, 0.25) is 0 Å². The number of carbonyl (C=O) groups is 1. The molecule has 1 amide bonds. The number of ether oxygens (including phenoxy) is 1. The molecule has 0 bridgehead atoms. The molecule has 144 valence electrons. The smallest absolute Gasteiger partial charge is 0.269 e. The van der Waals surface area contributed by atoms with Crippen LogP contribution in [-0.4, -0.2) is 35.9 Å². The van der Waals surface area contributed by atoms with Gasteiger partial charge < -0.3 is 15.0 Å². The standard InChI is InChI=1S/C20H25N3O4/c1-4-27-18-8-5-16(6-9-18)14-22(3)12-11-20(24)21-19-10-7-17(23(25)26)13-15(19)2/h5-10,13H,4,11-12,14H2,1-3H3,(H,21,24). The van der Waals surface area contributed by atoms with Crippen LogP contribution in [0.3, 0.4) is 0 Å². The number of hydrogen-bond acceptors (Lipinski definition) is 5. The number of anilines is 1. The Balaban J connectivity index is 1.81. The molecule has 2 aromatic carbocycles. The van der Waals surface area contributed by atoms with Crippen LogP contribution in [0.5, 0.6) is 5.75 Å². The maximum absolute atomic E-state index is 12.2. The zero-order chi connectivity index (χ0) is 19.8. The van der Waals surface area contributed by atoms with Crippen molar-refractivity contribution in [3.05, 3.63) is 63.7 Å². The third-order valence-electron chi connectivity index (χ3n) is 4.10. The van der Waals surface area contributed by atoms with Crippen molar-refractivity contribution >= 4 is 17.3 Å². The number of nitro groups is 1. The lowest BCUT2D eigenvalue weighted by Crippen LogP contribution is -2.24. The Labute approximate surface area is 159 Å². The number of rotatable bonds is 9. The molecule has 0 atom stereocenters. The summed E-state index contributed by atoms with van der Waals surface area (Å²) in [4.78, 5) is 24.6. The summed E-state index contributed by atoms with van der Waals surface area (Å²) in [7, 11) is 1.96. The fourth-order valence-corrected chi connectivity index (χ4v) is 2.66. The molecule has 0 aliphatic heterocycles. The van der Waals surface area contributed by atoms with Gasteiger partial charge in [-0.05, 0) is 50.2 Å². The summed E-state index contributed by atoms with van der Waals surface area (Å²) in [6, 6.07) is 12.3. The van der Waals surface area contributed by atoms with E-state index in [0.717, 1.165) is 17.9 Å². The van der Waals surface area contributed by atoms with Crippen molar-refractivity contribution < 1.29 is 14.5 Å². The molecule has 2 rings (SSSR count). The molecular formula is C20H25N3O4. The first-order valence-corrected chi connectivity index (χ1v) is 8.84. The summed E-state index contributed by atoms with van der Waals surface area (Å²) < 4.78 is 5.43. The Morgan fingerprint density at radius 2 is 1.93 bits per heavy atom. The largest absolute Gasteiger partial charge is 0.494 e. The van der Waals surface area contributed by atoms with E-state index in [1.54, 1.807) is 13.0 Å². The molecular weight excluding hydrogens is 346 g/mol. The lowest BCUT2D eigenvalue weighted by atomic mass is 10.1. The van der Waals surface area contributed by atoms with Crippen molar-refractivity contribution in [3.8, 4) is 5.75 Å². The van der Waals surface area contributed by atoms with Crippen molar-refractivity contribution in [2.45, 2.75) is 26.8 Å². The molecule has 0 unspecified atom stereocenters. The van der Waals surface area contributed by atoms with E-state index < -0.39 is 4.92 Å². The minimum absolute atomic E-state index is 0.0144. The number of hydrogen-bond donors (Lipinski definition) is 1. The third kappa shape index (κ3) is 6.38. The zero-order valence-electron chi connectivity index (χ0n) is 15.9.